The van der Waals surface area contributed by atoms with Gasteiger partial charge in [0, 0.05) is 12.1 Å². The van der Waals surface area contributed by atoms with Crippen LogP contribution in [0.4, 0.5) is 0 Å². The molecule has 0 aliphatic heterocycles. The maximum absolute atomic E-state index is 12.5. The Bertz CT molecular complexity index is 1350. The Balaban J connectivity index is 1.98. The van der Waals surface area contributed by atoms with E-state index in [2.05, 4.69) is 9.72 Å². The van der Waals surface area contributed by atoms with E-state index in [1.165, 1.54) is 29.6 Å². The van der Waals surface area contributed by atoms with Crippen molar-refractivity contribution in [3.05, 3.63) is 60.9 Å². The summed E-state index contributed by atoms with van der Waals surface area (Å²) < 4.78 is 32.5. The monoisotopic (exact) mass is 437 g/mol. The molecule has 3 rings (SSSR count). The molecule has 152 valence electrons. The lowest BCUT2D eigenvalue weighted by Gasteiger charge is -2.08. The molecule has 0 aliphatic rings. The molecule has 2 heterocycles. The molecule has 2 aromatic heterocycles. The molecule has 29 heavy (non-hydrogen) atoms. The number of thiophene rings is 1. The lowest BCUT2D eigenvalue weighted by molar-refractivity contribution is 0.0602. The molecule has 0 fully saturated rings. The number of carbonyl (C=O) groups excluding carboxylic acids is 2. The van der Waals surface area contributed by atoms with Crippen LogP contribution in [0.25, 0.3) is 10.9 Å². The van der Waals surface area contributed by atoms with Crippen molar-refractivity contribution in [1.29, 1.82) is 0 Å². The van der Waals surface area contributed by atoms with Gasteiger partial charge in [-0.2, -0.15) is 0 Å². The van der Waals surface area contributed by atoms with Crippen LogP contribution in [-0.4, -0.2) is 37.0 Å². The van der Waals surface area contributed by atoms with Gasteiger partial charge >= 0.3 is 11.7 Å². The normalized spacial score (nSPS) is 11.4. The number of H-pyrrole nitrogens is 1. The Morgan fingerprint density at radius 3 is 2.62 bits per heavy atom. The minimum absolute atomic E-state index is 0.0970. The molecular formula is C17H15N3O7S2. The summed E-state index contributed by atoms with van der Waals surface area (Å²) in [5.41, 5.74) is -1.16. The second-order valence-electron chi connectivity index (χ2n) is 5.78. The molecule has 0 aliphatic carbocycles. The quantitative estimate of drug-likeness (QED) is 0.558. The number of nitrogens with one attached hydrogen (secondary N) is 2. The number of ether oxygens (including phenoxy) is 1. The van der Waals surface area contributed by atoms with E-state index in [4.69, 9.17) is 0 Å². The number of fused-ring (bicyclic) bond motifs is 1. The first kappa shape index (κ1) is 20.5. The van der Waals surface area contributed by atoms with Gasteiger partial charge in [-0.05, 0) is 36.6 Å². The molecule has 0 saturated carbocycles. The molecule has 1 aromatic carbocycles. The SMILES string of the molecule is CCn1c(=O)[nH]c2cc(C(=O)NS(=O)(=O)c3ccsc3C(=O)OC)ccc2c1=O. The number of methoxy groups -OCH3 is 1. The first-order valence-electron chi connectivity index (χ1n) is 8.19. The second-order valence-corrected chi connectivity index (χ2v) is 8.35. The van der Waals surface area contributed by atoms with Gasteiger partial charge in [-0.15, -0.1) is 11.3 Å². The van der Waals surface area contributed by atoms with Crippen molar-refractivity contribution in [3.63, 3.8) is 0 Å². The van der Waals surface area contributed by atoms with Gasteiger partial charge in [0.2, 0.25) is 0 Å². The highest BCUT2D eigenvalue weighted by molar-refractivity contribution is 7.90. The number of carbonyl (C=O) groups is 2. The van der Waals surface area contributed by atoms with E-state index in [1.54, 1.807) is 6.92 Å². The van der Waals surface area contributed by atoms with Crippen LogP contribution in [0.2, 0.25) is 0 Å². The summed E-state index contributed by atoms with van der Waals surface area (Å²) in [5.74, 6) is -1.84. The molecule has 12 heteroatoms. The predicted octanol–water partition coefficient (Wildman–Crippen LogP) is 0.676. The summed E-state index contributed by atoms with van der Waals surface area (Å²) in [6.07, 6.45) is 0. The summed E-state index contributed by atoms with van der Waals surface area (Å²) in [6.45, 7) is 1.82. The average molecular weight is 437 g/mol. The van der Waals surface area contributed by atoms with Crippen molar-refractivity contribution in [2.75, 3.05) is 7.11 Å². The van der Waals surface area contributed by atoms with Gasteiger partial charge in [-0.1, -0.05) is 0 Å². The predicted molar refractivity (Wildman–Crippen MR) is 105 cm³/mol. The van der Waals surface area contributed by atoms with Crippen LogP contribution in [0.3, 0.4) is 0 Å². The zero-order valence-electron chi connectivity index (χ0n) is 15.2. The van der Waals surface area contributed by atoms with Gasteiger partial charge in [0.1, 0.15) is 9.77 Å². The van der Waals surface area contributed by atoms with Crippen LogP contribution in [-0.2, 0) is 21.3 Å². The Hall–Kier alpha value is -3.25. The van der Waals surface area contributed by atoms with E-state index in [-0.39, 0.29) is 32.8 Å². The van der Waals surface area contributed by atoms with Crippen LogP contribution >= 0.6 is 11.3 Å². The molecule has 10 nitrogen and oxygen atoms in total. The van der Waals surface area contributed by atoms with Crippen LogP contribution in [0.5, 0.6) is 0 Å². The van der Waals surface area contributed by atoms with Crippen LogP contribution in [0.15, 0.2) is 44.1 Å². The number of amides is 1. The number of rotatable bonds is 5. The minimum Gasteiger partial charge on any atom is -0.465 e. The molecule has 3 aromatic rings. The lowest BCUT2D eigenvalue weighted by atomic mass is 10.1. The number of hydrogen-bond acceptors (Lipinski definition) is 8. The third kappa shape index (κ3) is 3.71. The first-order chi connectivity index (χ1) is 13.7. The number of esters is 1. The van der Waals surface area contributed by atoms with Gasteiger partial charge in [0.15, 0.2) is 0 Å². The molecule has 2 N–H and O–H groups in total. The van der Waals surface area contributed by atoms with E-state index >= 15 is 0 Å². The van der Waals surface area contributed by atoms with E-state index in [0.29, 0.717) is 0 Å². The van der Waals surface area contributed by atoms with E-state index < -0.39 is 33.1 Å². The third-order valence-electron chi connectivity index (χ3n) is 4.08. The van der Waals surface area contributed by atoms with Crippen LogP contribution in [0.1, 0.15) is 27.0 Å². The lowest BCUT2D eigenvalue weighted by Crippen LogP contribution is -2.34. The largest absolute Gasteiger partial charge is 0.465 e. The van der Waals surface area contributed by atoms with Gasteiger partial charge < -0.3 is 9.72 Å². The molecule has 0 bridgehead atoms. The number of aromatic amines is 1. The van der Waals surface area contributed by atoms with E-state index in [0.717, 1.165) is 23.0 Å². The van der Waals surface area contributed by atoms with Crippen LogP contribution in [0, 0.1) is 0 Å². The molecule has 0 atom stereocenters. The number of benzene rings is 1. The second kappa shape index (κ2) is 7.64. The van der Waals surface area contributed by atoms with Gasteiger partial charge in [0.05, 0.1) is 18.0 Å². The number of nitrogens with zero attached hydrogens (tertiary/aromatic N) is 1. The van der Waals surface area contributed by atoms with Crippen molar-refractivity contribution >= 4 is 44.1 Å². The Labute approximate surface area is 167 Å². The van der Waals surface area contributed by atoms with Crippen molar-refractivity contribution in [2.45, 2.75) is 18.4 Å². The highest BCUT2D eigenvalue weighted by atomic mass is 32.2. The highest BCUT2D eigenvalue weighted by Gasteiger charge is 2.27. The summed E-state index contributed by atoms with van der Waals surface area (Å²) in [7, 11) is -3.25. The summed E-state index contributed by atoms with van der Waals surface area (Å²) in [5, 5.41) is 1.56. The Morgan fingerprint density at radius 2 is 1.97 bits per heavy atom. The Kier molecular flexibility index (Phi) is 5.40. The van der Waals surface area contributed by atoms with Crippen molar-refractivity contribution in [2.24, 2.45) is 0 Å². The molecule has 0 saturated heterocycles. The number of hydrogen-bond donors (Lipinski definition) is 2. The molecule has 0 radical (unpaired) electrons. The zero-order valence-corrected chi connectivity index (χ0v) is 16.8. The fourth-order valence-electron chi connectivity index (χ4n) is 2.67. The first-order valence-corrected chi connectivity index (χ1v) is 10.6. The van der Waals surface area contributed by atoms with Crippen molar-refractivity contribution in [1.82, 2.24) is 14.3 Å². The molecule has 1 amide bonds. The van der Waals surface area contributed by atoms with Gasteiger partial charge in [0.25, 0.3) is 21.5 Å². The maximum atomic E-state index is 12.5. The molecule has 0 unspecified atom stereocenters. The maximum Gasteiger partial charge on any atom is 0.349 e. The fourth-order valence-corrected chi connectivity index (χ4v) is 4.98. The molecular weight excluding hydrogens is 422 g/mol. The van der Waals surface area contributed by atoms with Crippen molar-refractivity contribution < 1.29 is 22.7 Å². The zero-order chi connectivity index (χ0) is 21.3. The van der Waals surface area contributed by atoms with Gasteiger partial charge in [-0.25, -0.2) is 22.7 Å². The smallest absolute Gasteiger partial charge is 0.349 e. The number of sulfonamides is 1. The summed E-state index contributed by atoms with van der Waals surface area (Å²) >= 11 is 0.859. The summed E-state index contributed by atoms with van der Waals surface area (Å²) in [4.78, 5) is 50.3. The standard InChI is InChI=1S/C17H15N3O7S2/c1-3-20-15(22)10-5-4-9(8-11(10)18-17(20)24)14(21)19-29(25,26)12-6-7-28-13(12)16(23)27-2/h4-8H,3H2,1-2H3,(H,18,24)(H,19,21). The topological polar surface area (TPSA) is 144 Å². The highest BCUT2D eigenvalue weighted by Crippen LogP contribution is 2.23. The van der Waals surface area contributed by atoms with E-state index in [9.17, 15) is 27.6 Å². The summed E-state index contributed by atoms with van der Waals surface area (Å²) in [6, 6.07) is 4.98. The van der Waals surface area contributed by atoms with Gasteiger partial charge in [-0.3, -0.25) is 14.2 Å². The average Bonchev–Trinajstić information content (AvgIpc) is 3.18. The molecule has 0 spiro atoms. The Morgan fingerprint density at radius 1 is 1.24 bits per heavy atom. The van der Waals surface area contributed by atoms with Crippen LogP contribution < -0.4 is 16.0 Å². The fraction of sp³-hybridized carbons (Fsp3) is 0.176. The van der Waals surface area contributed by atoms with E-state index in [1.807, 2.05) is 4.72 Å². The third-order valence-corrected chi connectivity index (χ3v) is 6.47. The van der Waals surface area contributed by atoms with Crippen molar-refractivity contribution in [3.8, 4) is 0 Å². The minimum atomic E-state index is -4.36. The number of aromatic nitrogens is 2.